The number of hydrogen-bond donors (Lipinski definition) is 2. The zero-order chi connectivity index (χ0) is 16.1. The van der Waals surface area contributed by atoms with Crippen LogP contribution < -0.4 is 15.5 Å². The van der Waals surface area contributed by atoms with Gasteiger partial charge < -0.3 is 15.5 Å². The fourth-order valence-electron chi connectivity index (χ4n) is 2.99. The van der Waals surface area contributed by atoms with Gasteiger partial charge in [-0.2, -0.15) is 0 Å². The molecule has 3 heterocycles. The molecule has 2 amide bonds. The molecule has 2 saturated heterocycles. The Morgan fingerprint density at radius 3 is 2.91 bits per heavy atom. The van der Waals surface area contributed by atoms with E-state index in [0.29, 0.717) is 13.1 Å². The molecule has 126 valence electrons. The van der Waals surface area contributed by atoms with Crippen LogP contribution in [0.2, 0.25) is 0 Å². The summed E-state index contributed by atoms with van der Waals surface area (Å²) in [6.45, 7) is 4.50. The van der Waals surface area contributed by atoms with Gasteiger partial charge in [-0.05, 0) is 19.3 Å². The molecule has 2 fully saturated rings. The Bertz CT molecular complexity index is 528. The summed E-state index contributed by atoms with van der Waals surface area (Å²) in [6.07, 6.45) is 4.50. The zero-order valence-electron chi connectivity index (χ0n) is 13.2. The predicted molar refractivity (Wildman–Crippen MR) is 89.6 cm³/mol. The number of piperazine rings is 1. The normalized spacial score (nSPS) is 23.2. The van der Waals surface area contributed by atoms with Gasteiger partial charge in [0.05, 0.1) is 6.54 Å². The van der Waals surface area contributed by atoms with Crippen molar-refractivity contribution in [3.8, 4) is 0 Å². The van der Waals surface area contributed by atoms with Gasteiger partial charge in [-0.15, -0.1) is 11.3 Å². The van der Waals surface area contributed by atoms with Crippen LogP contribution in [0, 0.1) is 0 Å². The third-order valence-electron chi connectivity index (χ3n) is 4.30. The Labute approximate surface area is 140 Å². The molecular formula is C15H23N5O2S. The van der Waals surface area contributed by atoms with Crippen LogP contribution in [0.3, 0.4) is 0 Å². The number of amides is 2. The number of nitrogens with zero attached hydrogens (tertiary/aromatic N) is 3. The average molecular weight is 337 g/mol. The van der Waals surface area contributed by atoms with Gasteiger partial charge in [0, 0.05) is 44.3 Å². The van der Waals surface area contributed by atoms with E-state index in [1.807, 2.05) is 11.6 Å². The molecule has 3 rings (SSSR count). The topological polar surface area (TPSA) is 77.6 Å². The summed E-state index contributed by atoms with van der Waals surface area (Å²) in [6, 6.07) is -0.374. The highest BCUT2D eigenvalue weighted by atomic mass is 32.1. The Morgan fingerprint density at radius 2 is 2.17 bits per heavy atom. The van der Waals surface area contributed by atoms with Crippen molar-refractivity contribution in [3.63, 3.8) is 0 Å². The molecule has 2 aliphatic heterocycles. The molecule has 0 unspecified atom stereocenters. The van der Waals surface area contributed by atoms with Gasteiger partial charge in [0.25, 0.3) is 0 Å². The number of hydrogen-bond acceptors (Lipinski definition) is 6. The van der Waals surface area contributed by atoms with Gasteiger partial charge in [0.2, 0.25) is 11.8 Å². The van der Waals surface area contributed by atoms with Crippen LogP contribution >= 0.6 is 11.3 Å². The first-order valence-electron chi connectivity index (χ1n) is 8.16. The van der Waals surface area contributed by atoms with E-state index in [1.54, 1.807) is 11.3 Å². The Balaban J connectivity index is 1.43. The Kier molecular flexibility index (Phi) is 5.45. The number of anilines is 1. The summed E-state index contributed by atoms with van der Waals surface area (Å²) in [5.41, 5.74) is 0. The van der Waals surface area contributed by atoms with E-state index in [0.717, 1.165) is 50.6 Å². The van der Waals surface area contributed by atoms with E-state index >= 15 is 0 Å². The molecule has 0 radical (unpaired) electrons. The number of aromatic nitrogens is 1. The van der Waals surface area contributed by atoms with Crippen molar-refractivity contribution < 1.29 is 9.59 Å². The first kappa shape index (κ1) is 16.2. The fourth-order valence-corrected chi connectivity index (χ4v) is 3.69. The van der Waals surface area contributed by atoms with Gasteiger partial charge in [-0.1, -0.05) is 0 Å². The van der Waals surface area contributed by atoms with Crippen molar-refractivity contribution in [2.45, 2.75) is 25.3 Å². The maximum atomic E-state index is 12.2. The Hall–Kier alpha value is -1.67. The van der Waals surface area contributed by atoms with Crippen molar-refractivity contribution >= 4 is 28.3 Å². The summed E-state index contributed by atoms with van der Waals surface area (Å²) < 4.78 is 0. The lowest BCUT2D eigenvalue weighted by Crippen LogP contribution is -2.52. The quantitative estimate of drug-likeness (QED) is 0.812. The molecular weight excluding hydrogens is 314 g/mol. The lowest BCUT2D eigenvalue weighted by molar-refractivity contribution is -0.129. The van der Waals surface area contributed by atoms with Crippen LogP contribution in [0.15, 0.2) is 11.6 Å². The van der Waals surface area contributed by atoms with Crippen LogP contribution in [0.25, 0.3) is 0 Å². The smallest absolute Gasteiger partial charge is 0.242 e. The third kappa shape index (κ3) is 4.42. The van der Waals surface area contributed by atoms with Crippen LogP contribution in [-0.2, 0) is 9.59 Å². The SMILES string of the molecule is O=C(CN1CCN(c2nccs2)CC1)N[C@@H]1CCCCNC1=O. The lowest BCUT2D eigenvalue weighted by Gasteiger charge is -2.34. The number of thiazole rings is 1. The molecule has 1 aromatic rings. The highest BCUT2D eigenvalue weighted by molar-refractivity contribution is 7.13. The number of rotatable bonds is 4. The molecule has 2 N–H and O–H groups in total. The molecule has 0 aliphatic carbocycles. The predicted octanol–water partition coefficient (Wildman–Crippen LogP) is 0.0500. The van der Waals surface area contributed by atoms with E-state index in [2.05, 4.69) is 25.4 Å². The minimum atomic E-state index is -0.374. The van der Waals surface area contributed by atoms with Crippen molar-refractivity contribution in [2.24, 2.45) is 0 Å². The molecule has 0 spiro atoms. The summed E-state index contributed by atoms with van der Waals surface area (Å²) in [4.78, 5) is 32.8. The fraction of sp³-hybridized carbons (Fsp3) is 0.667. The molecule has 23 heavy (non-hydrogen) atoms. The molecule has 1 aromatic heterocycles. The maximum absolute atomic E-state index is 12.2. The van der Waals surface area contributed by atoms with E-state index < -0.39 is 0 Å². The highest BCUT2D eigenvalue weighted by Gasteiger charge is 2.25. The van der Waals surface area contributed by atoms with Crippen LogP contribution in [0.4, 0.5) is 5.13 Å². The molecule has 0 bridgehead atoms. The summed E-state index contributed by atoms with van der Waals surface area (Å²) in [7, 11) is 0. The van der Waals surface area contributed by atoms with E-state index in [1.165, 1.54) is 0 Å². The molecule has 0 aromatic carbocycles. The summed E-state index contributed by atoms with van der Waals surface area (Å²) in [5.74, 6) is -0.112. The molecule has 8 heteroatoms. The van der Waals surface area contributed by atoms with E-state index in [-0.39, 0.29) is 17.9 Å². The second-order valence-corrected chi connectivity index (χ2v) is 6.86. The van der Waals surface area contributed by atoms with Crippen molar-refractivity contribution in [1.29, 1.82) is 0 Å². The largest absolute Gasteiger partial charge is 0.354 e. The monoisotopic (exact) mass is 337 g/mol. The summed E-state index contributed by atoms with van der Waals surface area (Å²) >= 11 is 1.64. The lowest BCUT2D eigenvalue weighted by atomic mass is 10.1. The Morgan fingerprint density at radius 1 is 1.35 bits per heavy atom. The third-order valence-corrected chi connectivity index (χ3v) is 5.13. The molecule has 0 saturated carbocycles. The first-order valence-corrected chi connectivity index (χ1v) is 9.04. The minimum Gasteiger partial charge on any atom is -0.354 e. The number of carbonyl (C=O) groups is 2. The van der Waals surface area contributed by atoms with Gasteiger partial charge >= 0.3 is 0 Å². The first-order chi connectivity index (χ1) is 11.2. The summed E-state index contributed by atoms with van der Waals surface area (Å²) in [5, 5.41) is 8.75. The molecule has 1 atom stereocenters. The van der Waals surface area contributed by atoms with Gasteiger partial charge in [-0.3, -0.25) is 14.5 Å². The standard InChI is InChI=1S/C15H23N5O2S/c21-13(18-12-3-1-2-4-16-14(12)22)11-19-6-8-20(9-7-19)15-17-5-10-23-15/h5,10,12H,1-4,6-9,11H2,(H,16,22)(H,18,21)/t12-/m1/s1. The van der Waals surface area contributed by atoms with Crippen LogP contribution in [0.1, 0.15) is 19.3 Å². The maximum Gasteiger partial charge on any atom is 0.242 e. The highest BCUT2D eigenvalue weighted by Crippen LogP contribution is 2.18. The van der Waals surface area contributed by atoms with Gasteiger partial charge in [0.15, 0.2) is 5.13 Å². The van der Waals surface area contributed by atoms with E-state index in [4.69, 9.17) is 0 Å². The average Bonchev–Trinajstić information content (AvgIpc) is 3.01. The minimum absolute atomic E-state index is 0.0514. The van der Waals surface area contributed by atoms with Gasteiger partial charge in [-0.25, -0.2) is 4.98 Å². The van der Waals surface area contributed by atoms with Crippen LogP contribution in [0.5, 0.6) is 0 Å². The number of carbonyl (C=O) groups excluding carboxylic acids is 2. The second-order valence-electron chi connectivity index (χ2n) is 5.98. The van der Waals surface area contributed by atoms with Crippen LogP contribution in [-0.4, -0.2) is 67.0 Å². The van der Waals surface area contributed by atoms with Crippen molar-refractivity contribution in [1.82, 2.24) is 20.5 Å². The molecule has 2 aliphatic rings. The van der Waals surface area contributed by atoms with Crippen molar-refractivity contribution in [2.75, 3.05) is 44.2 Å². The second kappa shape index (κ2) is 7.74. The zero-order valence-corrected chi connectivity index (χ0v) is 14.0. The van der Waals surface area contributed by atoms with Crippen molar-refractivity contribution in [3.05, 3.63) is 11.6 Å². The number of nitrogens with one attached hydrogen (secondary N) is 2. The van der Waals surface area contributed by atoms with E-state index in [9.17, 15) is 9.59 Å². The molecule has 7 nitrogen and oxygen atoms in total. The van der Waals surface area contributed by atoms with Gasteiger partial charge in [0.1, 0.15) is 6.04 Å².